The van der Waals surface area contributed by atoms with Gasteiger partial charge >= 0.3 is 0 Å². The number of amides is 1. The highest BCUT2D eigenvalue weighted by molar-refractivity contribution is 6.33. The zero-order chi connectivity index (χ0) is 15.4. The molecule has 21 heavy (non-hydrogen) atoms. The van der Waals surface area contributed by atoms with Gasteiger partial charge in [0.2, 0.25) is 0 Å². The fourth-order valence-corrected chi connectivity index (χ4v) is 2.08. The predicted molar refractivity (Wildman–Crippen MR) is 82.0 cm³/mol. The number of carbonyl (C=O) groups excluding carboxylic acids is 1. The summed E-state index contributed by atoms with van der Waals surface area (Å²) in [5, 5.41) is 16.2. The van der Waals surface area contributed by atoms with Crippen LogP contribution in [-0.4, -0.2) is 17.9 Å². The maximum absolute atomic E-state index is 12.2. The van der Waals surface area contributed by atoms with Crippen molar-refractivity contribution in [1.82, 2.24) is 0 Å². The fourth-order valence-electron chi connectivity index (χ4n) is 1.83. The summed E-state index contributed by atoms with van der Waals surface area (Å²) in [6, 6.07) is 11.0. The topological polar surface area (TPSA) is 84.3 Å². The maximum atomic E-state index is 12.2. The molecule has 2 rings (SSSR count). The number of anilines is 2. The van der Waals surface area contributed by atoms with Crippen molar-refractivity contribution in [2.45, 2.75) is 0 Å². The van der Waals surface area contributed by atoms with Gasteiger partial charge in [-0.25, -0.2) is 0 Å². The predicted octanol–water partition coefficient (Wildman–Crippen LogP) is 3.54. The van der Waals surface area contributed by atoms with Gasteiger partial charge in [0.25, 0.3) is 11.6 Å². The first-order valence-corrected chi connectivity index (χ1v) is 6.43. The van der Waals surface area contributed by atoms with Gasteiger partial charge in [-0.2, -0.15) is 0 Å². The number of carbonyl (C=O) groups is 1. The SMILES string of the molecule is CNc1ccccc1C(=O)Nc1ccc([N+](=O)[O-])c(Cl)c1. The van der Waals surface area contributed by atoms with Crippen LogP contribution in [0.3, 0.4) is 0 Å². The van der Waals surface area contributed by atoms with E-state index in [1.165, 1.54) is 18.2 Å². The Kier molecular flexibility index (Phi) is 4.39. The molecule has 0 atom stereocenters. The molecule has 0 radical (unpaired) electrons. The number of nitro benzene ring substituents is 1. The Bertz CT molecular complexity index is 704. The third kappa shape index (κ3) is 3.29. The summed E-state index contributed by atoms with van der Waals surface area (Å²) < 4.78 is 0. The van der Waals surface area contributed by atoms with E-state index in [1.54, 1.807) is 25.2 Å². The smallest absolute Gasteiger partial charge is 0.288 e. The van der Waals surface area contributed by atoms with E-state index < -0.39 is 4.92 Å². The summed E-state index contributed by atoms with van der Waals surface area (Å²) in [4.78, 5) is 22.3. The van der Waals surface area contributed by atoms with E-state index in [2.05, 4.69) is 10.6 Å². The monoisotopic (exact) mass is 305 g/mol. The van der Waals surface area contributed by atoms with Crippen molar-refractivity contribution in [1.29, 1.82) is 0 Å². The van der Waals surface area contributed by atoms with Gasteiger partial charge in [0, 0.05) is 24.5 Å². The van der Waals surface area contributed by atoms with Crippen molar-refractivity contribution >= 4 is 34.6 Å². The van der Waals surface area contributed by atoms with Crippen LogP contribution < -0.4 is 10.6 Å². The molecular weight excluding hydrogens is 294 g/mol. The second kappa shape index (κ2) is 6.23. The molecule has 0 bridgehead atoms. The van der Waals surface area contributed by atoms with E-state index in [1.807, 2.05) is 6.07 Å². The number of benzene rings is 2. The molecule has 0 aromatic heterocycles. The van der Waals surface area contributed by atoms with Crippen LogP contribution in [-0.2, 0) is 0 Å². The van der Waals surface area contributed by atoms with Crippen LogP contribution in [0.4, 0.5) is 17.1 Å². The van der Waals surface area contributed by atoms with E-state index in [0.717, 1.165) is 0 Å². The normalized spacial score (nSPS) is 10.0. The third-order valence-electron chi connectivity index (χ3n) is 2.84. The lowest BCUT2D eigenvalue weighted by atomic mass is 10.1. The van der Waals surface area contributed by atoms with Crippen LogP contribution in [0, 0.1) is 10.1 Å². The molecule has 0 unspecified atom stereocenters. The van der Waals surface area contributed by atoms with E-state index in [9.17, 15) is 14.9 Å². The molecular formula is C14H12ClN3O3. The van der Waals surface area contributed by atoms with Gasteiger partial charge in [0.15, 0.2) is 0 Å². The van der Waals surface area contributed by atoms with Crippen LogP contribution in [0.2, 0.25) is 5.02 Å². The Morgan fingerprint density at radius 3 is 2.57 bits per heavy atom. The zero-order valence-electron chi connectivity index (χ0n) is 11.1. The minimum Gasteiger partial charge on any atom is -0.387 e. The van der Waals surface area contributed by atoms with Crippen molar-refractivity contribution in [3.05, 3.63) is 63.2 Å². The Morgan fingerprint density at radius 2 is 1.95 bits per heavy atom. The number of nitrogens with one attached hydrogen (secondary N) is 2. The minimum absolute atomic E-state index is 0.0281. The number of para-hydroxylation sites is 1. The van der Waals surface area contributed by atoms with Crippen molar-refractivity contribution in [3.63, 3.8) is 0 Å². The lowest BCUT2D eigenvalue weighted by molar-refractivity contribution is -0.384. The first-order valence-electron chi connectivity index (χ1n) is 6.05. The first-order chi connectivity index (χ1) is 10.0. The number of nitrogens with zero attached hydrogens (tertiary/aromatic N) is 1. The van der Waals surface area contributed by atoms with Crippen molar-refractivity contribution in [2.24, 2.45) is 0 Å². The fraction of sp³-hybridized carbons (Fsp3) is 0.0714. The highest BCUT2D eigenvalue weighted by Gasteiger charge is 2.14. The van der Waals surface area contributed by atoms with Gasteiger partial charge in [-0.3, -0.25) is 14.9 Å². The van der Waals surface area contributed by atoms with Gasteiger partial charge in [0.05, 0.1) is 10.5 Å². The molecule has 0 aliphatic carbocycles. The first kappa shape index (κ1) is 14.8. The van der Waals surface area contributed by atoms with Gasteiger partial charge in [-0.15, -0.1) is 0 Å². The van der Waals surface area contributed by atoms with Gasteiger partial charge < -0.3 is 10.6 Å². The van der Waals surface area contributed by atoms with E-state index in [-0.39, 0.29) is 16.6 Å². The quantitative estimate of drug-likeness (QED) is 0.668. The van der Waals surface area contributed by atoms with Crippen molar-refractivity contribution in [2.75, 3.05) is 17.7 Å². The molecule has 6 nitrogen and oxygen atoms in total. The summed E-state index contributed by atoms with van der Waals surface area (Å²) in [5.74, 6) is -0.329. The van der Waals surface area contributed by atoms with Gasteiger partial charge in [-0.1, -0.05) is 23.7 Å². The summed E-state index contributed by atoms with van der Waals surface area (Å²) >= 11 is 5.81. The van der Waals surface area contributed by atoms with Crippen LogP contribution >= 0.6 is 11.6 Å². The number of hydrogen-bond donors (Lipinski definition) is 2. The number of nitro groups is 1. The van der Waals surface area contributed by atoms with Crippen LogP contribution in [0.5, 0.6) is 0 Å². The third-order valence-corrected chi connectivity index (χ3v) is 3.15. The maximum Gasteiger partial charge on any atom is 0.288 e. The van der Waals surface area contributed by atoms with Gasteiger partial charge in [0.1, 0.15) is 5.02 Å². The number of rotatable bonds is 4. The second-order valence-corrected chi connectivity index (χ2v) is 4.58. The van der Waals surface area contributed by atoms with E-state index in [0.29, 0.717) is 16.9 Å². The van der Waals surface area contributed by atoms with Gasteiger partial charge in [-0.05, 0) is 24.3 Å². The van der Waals surface area contributed by atoms with Crippen LogP contribution in [0.15, 0.2) is 42.5 Å². The Balaban J connectivity index is 2.24. The molecule has 0 fully saturated rings. The summed E-state index contributed by atoms with van der Waals surface area (Å²) in [6.45, 7) is 0. The highest BCUT2D eigenvalue weighted by Crippen LogP contribution is 2.27. The largest absolute Gasteiger partial charge is 0.387 e. The average Bonchev–Trinajstić information content (AvgIpc) is 2.46. The molecule has 2 N–H and O–H groups in total. The Hall–Kier alpha value is -2.60. The van der Waals surface area contributed by atoms with E-state index >= 15 is 0 Å². The molecule has 0 saturated carbocycles. The number of hydrogen-bond acceptors (Lipinski definition) is 4. The van der Waals surface area contributed by atoms with E-state index in [4.69, 9.17) is 11.6 Å². The summed E-state index contributed by atoms with van der Waals surface area (Å²) in [5.41, 5.74) is 1.34. The molecule has 2 aromatic rings. The molecule has 0 aliphatic rings. The summed E-state index contributed by atoms with van der Waals surface area (Å²) in [6.07, 6.45) is 0. The molecule has 108 valence electrons. The molecule has 2 aromatic carbocycles. The number of halogens is 1. The molecule has 7 heteroatoms. The molecule has 0 saturated heterocycles. The lowest BCUT2D eigenvalue weighted by Crippen LogP contribution is -2.13. The zero-order valence-corrected chi connectivity index (χ0v) is 11.8. The Labute approximate surface area is 125 Å². The second-order valence-electron chi connectivity index (χ2n) is 4.17. The average molecular weight is 306 g/mol. The molecule has 0 spiro atoms. The lowest BCUT2D eigenvalue weighted by Gasteiger charge is -2.09. The molecule has 1 amide bonds. The highest BCUT2D eigenvalue weighted by atomic mass is 35.5. The van der Waals surface area contributed by atoms with Crippen molar-refractivity contribution < 1.29 is 9.72 Å². The van der Waals surface area contributed by atoms with Crippen LogP contribution in [0.25, 0.3) is 0 Å². The molecule has 0 heterocycles. The van der Waals surface area contributed by atoms with Crippen molar-refractivity contribution in [3.8, 4) is 0 Å². The standard InChI is InChI=1S/C14H12ClN3O3/c1-16-12-5-3-2-4-10(12)14(19)17-9-6-7-13(18(20)21)11(15)8-9/h2-8,16H,1H3,(H,17,19). The summed E-state index contributed by atoms with van der Waals surface area (Å²) in [7, 11) is 1.72. The minimum atomic E-state index is -0.579. The Morgan fingerprint density at radius 1 is 1.24 bits per heavy atom. The van der Waals surface area contributed by atoms with Crippen LogP contribution in [0.1, 0.15) is 10.4 Å². The molecule has 0 aliphatic heterocycles.